The molecule has 1 fully saturated rings. The number of ether oxygens (including phenoxy) is 3. The first-order valence-corrected chi connectivity index (χ1v) is 13.7. The molecule has 1 aliphatic heterocycles. The van der Waals surface area contributed by atoms with E-state index in [9.17, 15) is 4.79 Å². The van der Waals surface area contributed by atoms with Gasteiger partial charge in [-0.05, 0) is 75.4 Å². The van der Waals surface area contributed by atoms with E-state index in [-0.39, 0.29) is 6.09 Å². The van der Waals surface area contributed by atoms with Crippen LogP contribution in [0.4, 0.5) is 4.79 Å². The number of likely N-dealkylation sites (tertiary alicyclic amines) is 1. The SMILES string of the molecule is CC(C)COc1cc(CN2CCC(CNC(=O)OC(C)(C)C)C2)cc(OCc2ccc(Cl)cc2Br)c1. The van der Waals surface area contributed by atoms with Gasteiger partial charge < -0.3 is 19.5 Å². The third-order valence-electron chi connectivity index (χ3n) is 5.64. The Labute approximate surface area is 228 Å². The molecule has 1 atom stereocenters. The third-order valence-corrected chi connectivity index (χ3v) is 6.62. The Morgan fingerprint density at radius 3 is 2.56 bits per heavy atom. The van der Waals surface area contributed by atoms with Crippen LogP contribution in [-0.4, -0.2) is 42.8 Å². The molecule has 1 amide bonds. The van der Waals surface area contributed by atoms with Crippen molar-refractivity contribution >= 4 is 33.6 Å². The molecule has 3 rings (SSSR count). The predicted molar refractivity (Wildman–Crippen MR) is 148 cm³/mol. The number of benzene rings is 2. The van der Waals surface area contributed by atoms with Crippen LogP contribution in [0.15, 0.2) is 40.9 Å². The molecule has 1 heterocycles. The molecular formula is C28H38BrClN2O4. The van der Waals surface area contributed by atoms with Crippen molar-refractivity contribution < 1.29 is 19.0 Å². The molecule has 6 nitrogen and oxygen atoms in total. The molecule has 8 heteroatoms. The van der Waals surface area contributed by atoms with E-state index in [0.717, 1.165) is 53.2 Å². The van der Waals surface area contributed by atoms with Crippen LogP contribution < -0.4 is 14.8 Å². The molecule has 0 aromatic heterocycles. The fraction of sp³-hybridized carbons (Fsp3) is 0.536. The van der Waals surface area contributed by atoms with Crippen molar-refractivity contribution in [3.8, 4) is 11.5 Å². The number of carbonyl (C=O) groups is 1. The zero-order chi connectivity index (χ0) is 26.3. The van der Waals surface area contributed by atoms with Gasteiger partial charge in [-0.2, -0.15) is 0 Å². The normalized spacial score (nSPS) is 16.3. The van der Waals surface area contributed by atoms with Crippen LogP contribution in [0.25, 0.3) is 0 Å². The Bertz CT molecular complexity index is 1030. The van der Waals surface area contributed by atoms with E-state index in [2.05, 4.69) is 52.1 Å². The predicted octanol–water partition coefficient (Wildman–Crippen LogP) is 7.06. The average molecular weight is 582 g/mol. The molecule has 0 bridgehead atoms. The molecule has 1 N–H and O–H groups in total. The van der Waals surface area contributed by atoms with Crippen molar-refractivity contribution in [1.29, 1.82) is 0 Å². The molecule has 1 unspecified atom stereocenters. The van der Waals surface area contributed by atoms with Gasteiger partial charge >= 0.3 is 6.09 Å². The van der Waals surface area contributed by atoms with E-state index < -0.39 is 5.60 Å². The van der Waals surface area contributed by atoms with Gasteiger partial charge in [0, 0.05) is 40.8 Å². The minimum Gasteiger partial charge on any atom is -0.493 e. The molecular weight excluding hydrogens is 544 g/mol. The fourth-order valence-electron chi connectivity index (χ4n) is 3.97. The molecule has 198 valence electrons. The monoisotopic (exact) mass is 580 g/mol. The highest BCUT2D eigenvalue weighted by Gasteiger charge is 2.24. The summed E-state index contributed by atoms with van der Waals surface area (Å²) in [6.07, 6.45) is 0.679. The van der Waals surface area contributed by atoms with Gasteiger partial charge in [0.15, 0.2) is 0 Å². The highest BCUT2D eigenvalue weighted by molar-refractivity contribution is 9.10. The Hall–Kier alpha value is -1.96. The summed E-state index contributed by atoms with van der Waals surface area (Å²) in [5, 5.41) is 3.59. The molecule has 36 heavy (non-hydrogen) atoms. The minimum absolute atomic E-state index is 0.356. The van der Waals surface area contributed by atoms with Gasteiger partial charge in [0.2, 0.25) is 0 Å². The van der Waals surface area contributed by atoms with Crippen molar-refractivity contribution in [3.05, 3.63) is 57.0 Å². The highest BCUT2D eigenvalue weighted by Crippen LogP contribution is 2.28. The lowest BCUT2D eigenvalue weighted by Crippen LogP contribution is -2.35. The van der Waals surface area contributed by atoms with E-state index in [0.29, 0.717) is 36.6 Å². The average Bonchev–Trinajstić information content (AvgIpc) is 3.22. The largest absolute Gasteiger partial charge is 0.493 e. The second-order valence-corrected chi connectivity index (χ2v) is 12.1. The molecule has 0 aliphatic carbocycles. The summed E-state index contributed by atoms with van der Waals surface area (Å²) in [6, 6.07) is 11.8. The topological polar surface area (TPSA) is 60.0 Å². The Morgan fingerprint density at radius 1 is 1.17 bits per heavy atom. The van der Waals surface area contributed by atoms with Gasteiger partial charge in [0.05, 0.1) is 6.61 Å². The minimum atomic E-state index is -0.488. The number of carbonyl (C=O) groups excluding carboxylic acids is 1. The van der Waals surface area contributed by atoms with Crippen molar-refractivity contribution in [2.24, 2.45) is 11.8 Å². The molecule has 2 aromatic rings. The maximum Gasteiger partial charge on any atom is 0.407 e. The van der Waals surface area contributed by atoms with Crippen molar-refractivity contribution in [2.75, 3.05) is 26.2 Å². The summed E-state index contributed by atoms with van der Waals surface area (Å²) in [5.74, 6) is 2.42. The Balaban J connectivity index is 1.61. The van der Waals surface area contributed by atoms with Gasteiger partial charge in [-0.25, -0.2) is 4.79 Å². The van der Waals surface area contributed by atoms with Gasteiger partial charge in [-0.1, -0.05) is 47.4 Å². The molecule has 2 aromatic carbocycles. The third kappa shape index (κ3) is 9.83. The van der Waals surface area contributed by atoms with Gasteiger partial charge in [0.1, 0.15) is 23.7 Å². The Kier molecular flexibility index (Phi) is 10.3. The number of halogens is 2. The lowest BCUT2D eigenvalue weighted by Gasteiger charge is -2.21. The first-order chi connectivity index (χ1) is 17.0. The van der Waals surface area contributed by atoms with Crippen molar-refractivity contribution in [1.82, 2.24) is 10.2 Å². The smallest absolute Gasteiger partial charge is 0.407 e. The van der Waals surface area contributed by atoms with Crippen LogP contribution in [0.1, 0.15) is 52.2 Å². The summed E-state index contributed by atoms with van der Waals surface area (Å²) in [4.78, 5) is 14.4. The number of hydrogen-bond acceptors (Lipinski definition) is 5. The van der Waals surface area contributed by atoms with E-state index >= 15 is 0 Å². The second-order valence-electron chi connectivity index (χ2n) is 10.8. The lowest BCUT2D eigenvalue weighted by molar-refractivity contribution is 0.0519. The molecule has 0 spiro atoms. The Morgan fingerprint density at radius 2 is 1.89 bits per heavy atom. The number of nitrogens with one attached hydrogen (secondary N) is 1. The van der Waals surface area contributed by atoms with Crippen LogP contribution >= 0.6 is 27.5 Å². The van der Waals surface area contributed by atoms with Crippen LogP contribution in [-0.2, 0) is 17.9 Å². The summed E-state index contributed by atoms with van der Waals surface area (Å²) >= 11 is 9.63. The van der Waals surface area contributed by atoms with Gasteiger partial charge in [0.25, 0.3) is 0 Å². The number of nitrogens with zero attached hydrogens (tertiary/aromatic N) is 1. The maximum atomic E-state index is 12.0. The standard InChI is InChI=1S/C28H38BrClN2O4/c1-19(2)17-34-24-10-21(11-25(13-24)35-18-22-6-7-23(30)12-26(22)29)16-32-9-8-20(15-32)14-31-27(33)36-28(3,4)5/h6-7,10-13,19-20H,8-9,14-18H2,1-5H3,(H,31,33). The van der Waals surface area contributed by atoms with E-state index in [4.69, 9.17) is 25.8 Å². The van der Waals surface area contributed by atoms with Crippen molar-refractivity contribution in [3.63, 3.8) is 0 Å². The first-order valence-electron chi connectivity index (χ1n) is 12.5. The van der Waals surface area contributed by atoms with Crippen LogP contribution in [0.2, 0.25) is 5.02 Å². The summed E-state index contributed by atoms with van der Waals surface area (Å²) in [5.41, 5.74) is 1.68. The first kappa shape index (κ1) is 28.6. The summed E-state index contributed by atoms with van der Waals surface area (Å²) < 4.78 is 18.5. The molecule has 1 aliphatic rings. The highest BCUT2D eigenvalue weighted by atomic mass is 79.9. The van der Waals surface area contributed by atoms with Gasteiger partial charge in [-0.3, -0.25) is 4.90 Å². The molecule has 0 saturated carbocycles. The number of rotatable bonds is 10. The maximum absolute atomic E-state index is 12.0. The van der Waals surface area contributed by atoms with E-state index in [1.807, 2.05) is 45.0 Å². The lowest BCUT2D eigenvalue weighted by atomic mass is 10.1. The quantitative estimate of drug-likeness (QED) is 0.325. The summed E-state index contributed by atoms with van der Waals surface area (Å²) in [7, 11) is 0. The number of hydrogen-bond donors (Lipinski definition) is 1. The second kappa shape index (κ2) is 13.0. The van der Waals surface area contributed by atoms with Gasteiger partial charge in [-0.15, -0.1) is 0 Å². The summed E-state index contributed by atoms with van der Waals surface area (Å²) in [6.45, 7) is 14.3. The fourth-order valence-corrected chi connectivity index (χ4v) is 4.77. The van der Waals surface area contributed by atoms with E-state index in [1.165, 1.54) is 0 Å². The molecule has 0 radical (unpaired) electrons. The van der Waals surface area contributed by atoms with E-state index in [1.54, 1.807) is 0 Å². The number of alkyl carbamates (subject to hydrolysis) is 1. The zero-order valence-corrected chi connectivity index (χ0v) is 24.2. The van der Waals surface area contributed by atoms with Crippen LogP contribution in [0, 0.1) is 11.8 Å². The number of amides is 1. The van der Waals surface area contributed by atoms with Crippen molar-refractivity contribution in [2.45, 2.75) is 59.8 Å². The zero-order valence-electron chi connectivity index (χ0n) is 21.9. The van der Waals surface area contributed by atoms with Crippen LogP contribution in [0.3, 0.4) is 0 Å². The molecule has 1 saturated heterocycles. The van der Waals surface area contributed by atoms with Crippen LogP contribution in [0.5, 0.6) is 11.5 Å².